The van der Waals surface area contributed by atoms with Gasteiger partial charge in [-0.15, -0.1) is 5.10 Å². The summed E-state index contributed by atoms with van der Waals surface area (Å²) in [6, 6.07) is 0. The van der Waals surface area contributed by atoms with Crippen LogP contribution in [-0.2, 0) is 0 Å². The smallest absolute Gasteiger partial charge is 0.189 e. The zero-order valence-corrected chi connectivity index (χ0v) is 5.28. The highest BCUT2D eigenvalue weighted by atomic mass is 15.6. The fraction of sp³-hybridized carbons (Fsp3) is 0.200. The van der Waals surface area contributed by atoms with Gasteiger partial charge in [-0.1, -0.05) is 0 Å². The van der Waals surface area contributed by atoms with Gasteiger partial charge in [0.15, 0.2) is 5.82 Å². The van der Waals surface area contributed by atoms with Gasteiger partial charge in [-0.25, -0.2) is 0 Å². The van der Waals surface area contributed by atoms with E-state index in [1.54, 1.807) is 6.20 Å². The fourth-order valence-electron chi connectivity index (χ4n) is 0.839. The molecule has 0 aromatic carbocycles. The van der Waals surface area contributed by atoms with E-state index in [9.17, 15) is 0 Å². The van der Waals surface area contributed by atoms with Crippen LogP contribution in [0.1, 0.15) is 0 Å². The third-order valence-electron chi connectivity index (χ3n) is 1.32. The molecule has 1 aromatic rings. The number of aromatic amines is 1. The molecule has 2 rings (SSSR count). The number of nitrogens with one attached hydrogen (secondary N) is 2. The van der Waals surface area contributed by atoms with E-state index < -0.39 is 0 Å². The van der Waals surface area contributed by atoms with Crippen LogP contribution in [0.25, 0.3) is 0 Å². The Morgan fingerprint density at radius 2 is 2.60 bits per heavy atom. The zero-order valence-electron chi connectivity index (χ0n) is 5.28. The van der Waals surface area contributed by atoms with Crippen molar-refractivity contribution >= 4 is 5.82 Å². The van der Waals surface area contributed by atoms with Crippen LogP contribution >= 0.6 is 0 Å². The zero-order chi connectivity index (χ0) is 6.81. The highest BCUT2D eigenvalue weighted by molar-refractivity contribution is 5.35. The molecule has 1 aliphatic rings. The van der Waals surface area contributed by atoms with E-state index in [1.165, 1.54) is 0 Å². The maximum atomic E-state index is 3.89. The first kappa shape index (κ1) is 5.28. The van der Waals surface area contributed by atoms with Crippen LogP contribution in [0.4, 0.5) is 5.82 Å². The van der Waals surface area contributed by atoms with Gasteiger partial charge >= 0.3 is 0 Å². The van der Waals surface area contributed by atoms with Gasteiger partial charge in [0, 0.05) is 6.20 Å². The summed E-state index contributed by atoms with van der Waals surface area (Å²) in [6.45, 7) is 0.840. The van der Waals surface area contributed by atoms with E-state index in [-0.39, 0.29) is 0 Å². The van der Waals surface area contributed by atoms with Crippen LogP contribution in [0.2, 0.25) is 0 Å². The number of anilines is 1. The Morgan fingerprint density at radius 3 is 3.20 bits per heavy atom. The van der Waals surface area contributed by atoms with Crippen LogP contribution in [0.5, 0.6) is 0 Å². The molecule has 0 saturated carbocycles. The van der Waals surface area contributed by atoms with Crippen molar-refractivity contribution in [2.45, 2.75) is 0 Å². The first-order valence-electron chi connectivity index (χ1n) is 3.01. The molecule has 0 bridgehead atoms. The molecule has 0 amide bonds. The van der Waals surface area contributed by atoms with E-state index in [4.69, 9.17) is 0 Å². The van der Waals surface area contributed by atoms with Gasteiger partial charge in [0.2, 0.25) is 0 Å². The van der Waals surface area contributed by atoms with Crippen LogP contribution < -0.4 is 10.4 Å². The number of hydrogen-bond donors (Lipinski definition) is 2. The molecule has 5 heteroatoms. The van der Waals surface area contributed by atoms with Crippen molar-refractivity contribution in [1.82, 2.24) is 20.8 Å². The van der Waals surface area contributed by atoms with Crippen molar-refractivity contribution in [2.75, 3.05) is 11.6 Å². The Labute approximate surface area is 57.7 Å². The van der Waals surface area contributed by atoms with Crippen molar-refractivity contribution in [3.05, 3.63) is 18.5 Å². The van der Waals surface area contributed by atoms with Crippen molar-refractivity contribution in [1.29, 1.82) is 0 Å². The number of H-pyrrole nitrogens is 1. The van der Waals surface area contributed by atoms with Crippen LogP contribution in [0, 0.1) is 0 Å². The Morgan fingerprint density at radius 1 is 1.60 bits per heavy atom. The molecular weight excluding hydrogens is 130 g/mol. The third-order valence-corrected chi connectivity index (χ3v) is 1.32. The SMILES string of the molecule is C1=CNN(c2cn[nH]n2)C1. The molecule has 1 aromatic heterocycles. The molecule has 10 heavy (non-hydrogen) atoms. The first-order valence-corrected chi connectivity index (χ1v) is 3.01. The number of hydrogen-bond acceptors (Lipinski definition) is 4. The number of hydrazine groups is 1. The predicted molar refractivity (Wildman–Crippen MR) is 36.0 cm³/mol. The third kappa shape index (κ3) is 0.717. The number of nitrogens with zero attached hydrogens (tertiary/aromatic N) is 3. The fourth-order valence-corrected chi connectivity index (χ4v) is 0.839. The first-order chi connectivity index (χ1) is 4.97. The topological polar surface area (TPSA) is 56.8 Å². The second kappa shape index (κ2) is 2.02. The monoisotopic (exact) mass is 137 g/mol. The average Bonchev–Trinajstić information content (AvgIpc) is 2.59. The Kier molecular flexibility index (Phi) is 1.06. The number of rotatable bonds is 1. The maximum Gasteiger partial charge on any atom is 0.189 e. The van der Waals surface area contributed by atoms with E-state index in [2.05, 4.69) is 20.8 Å². The Balaban J connectivity index is 2.14. The molecule has 2 heterocycles. The molecule has 1 aliphatic heterocycles. The summed E-state index contributed by atoms with van der Waals surface area (Å²) in [5.74, 6) is 0.810. The molecule has 0 fully saturated rings. The molecule has 0 saturated heterocycles. The van der Waals surface area contributed by atoms with Crippen molar-refractivity contribution in [2.24, 2.45) is 0 Å². The maximum absolute atomic E-state index is 3.89. The van der Waals surface area contributed by atoms with E-state index in [1.807, 2.05) is 17.3 Å². The van der Waals surface area contributed by atoms with Gasteiger partial charge in [0.25, 0.3) is 0 Å². The minimum Gasteiger partial charge on any atom is -0.304 e. The summed E-state index contributed by atoms with van der Waals surface area (Å²) in [5, 5.41) is 12.0. The molecule has 0 unspecified atom stereocenters. The molecule has 52 valence electrons. The second-order valence-corrected chi connectivity index (χ2v) is 1.97. The summed E-state index contributed by atoms with van der Waals surface area (Å²) in [5.41, 5.74) is 2.99. The summed E-state index contributed by atoms with van der Waals surface area (Å²) >= 11 is 0. The normalized spacial score (nSPS) is 15.8. The van der Waals surface area contributed by atoms with Gasteiger partial charge in [-0.3, -0.25) is 5.01 Å². The lowest BCUT2D eigenvalue weighted by Crippen LogP contribution is -2.29. The Hall–Kier alpha value is -1.52. The van der Waals surface area contributed by atoms with Crippen molar-refractivity contribution in [3.8, 4) is 0 Å². The summed E-state index contributed by atoms with van der Waals surface area (Å²) < 4.78 is 0. The summed E-state index contributed by atoms with van der Waals surface area (Å²) in [4.78, 5) is 0. The van der Waals surface area contributed by atoms with E-state index in [0.717, 1.165) is 12.4 Å². The number of aromatic nitrogens is 3. The summed E-state index contributed by atoms with van der Waals surface area (Å²) in [7, 11) is 0. The second-order valence-electron chi connectivity index (χ2n) is 1.97. The molecule has 0 aliphatic carbocycles. The molecule has 5 nitrogen and oxygen atoms in total. The minimum atomic E-state index is 0.810. The van der Waals surface area contributed by atoms with E-state index >= 15 is 0 Å². The molecule has 0 radical (unpaired) electrons. The van der Waals surface area contributed by atoms with Crippen molar-refractivity contribution < 1.29 is 0 Å². The standard InChI is InChI=1S/C5H7N5/c1-2-7-10(3-1)5-4-6-9-8-5/h1-2,4,7H,3H2,(H,6,8,9). The van der Waals surface area contributed by atoms with Gasteiger partial charge in [-0.05, 0) is 6.08 Å². The lowest BCUT2D eigenvalue weighted by atomic mass is 10.6. The van der Waals surface area contributed by atoms with Gasteiger partial charge in [0.05, 0.1) is 12.7 Å². The quantitative estimate of drug-likeness (QED) is 0.555. The average molecular weight is 137 g/mol. The van der Waals surface area contributed by atoms with Crippen LogP contribution in [-0.4, -0.2) is 22.0 Å². The van der Waals surface area contributed by atoms with Crippen LogP contribution in [0.3, 0.4) is 0 Å². The highest BCUT2D eigenvalue weighted by Gasteiger charge is 2.07. The minimum absolute atomic E-state index is 0.810. The molecule has 2 N–H and O–H groups in total. The van der Waals surface area contributed by atoms with Crippen LogP contribution in [0.15, 0.2) is 18.5 Å². The van der Waals surface area contributed by atoms with Crippen molar-refractivity contribution in [3.63, 3.8) is 0 Å². The summed E-state index contributed by atoms with van der Waals surface area (Å²) in [6.07, 6.45) is 5.54. The van der Waals surface area contributed by atoms with Gasteiger partial charge < -0.3 is 5.43 Å². The molecule has 0 atom stereocenters. The van der Waals surface area contributed by atoms with E-state index in [0.29, 0.717) is 0 Å². The Bertz CT molecular complexity index is 218. The van der Waals surface area contributed by atoms with Gasteiger partial charge in [0.1, 0.15) is 0 Å². The lowest BCUT2D eigenvalue weighted by Gasteiger charge is -2.12. The molecular formula is C5H7N5. The van der Waals surface area contributed by atoms with Gasteiger partial charge in [-0.2, -0.15) is 10.3 Å². The molecule has 0 spiro atoms. The highest BCUT2D eigenvalue weighted by Crippen LogP contribution is 2.05. The predicted octanol–water partition coefficient (Wildman–Crippen LogP) is -0.357. The lowest BCUT2D eigenvalue weighted by molar-refractivity contribution is 0.811. The largest absolute Gasteiger partial charge is 0.304 e.